The van der Waals surface area contributed by atoms with Crippen molar-refractivity contribution in [1.82, 2.24) is 9.88 Å². The lowest BCUT2D eigenvalue weighted by Gasteiger charge is -2.18. The first-order valence-corrected chi connectivity index (χ1v) is 6.80. The lowest BCUT2D eigenvalue weighted by molar-refractivity contribution is 0.123. The van der Waals surface area contributed by atoms with Crippen LogP contribution in [0.2, 0.25) is 0 Å². The van der Waals surface area contributed by atoms with Gasteiger partial charge >= 0.3 is 0 Å². The highest BCUT2D eigenvalue weighted by atomic mass is 16.3. The van der Waals surface area contributed by atoms with Gasteiger partial charge in [-0.05, 0) is 36.5 Å². The maximum Gasteiger partial charge on any atom is 0.0583 e. The van der Waals surface area contributed by atoms with E-state index in [0.717, 1.165) is 31.7 Å². The number of aromatic nitrogens is 1. The van der Waals surface area contributed by atoms with Crippen molar-refractivity contribution in [2.24, 2.45) is 17.6 Å². The normalized spacial score (nSPS) is 31.8. The summed E-state index contributed by atoms with van der Waals surface area (Å²) in [5.74, 6) is 1.21. The number of fused-ring (bicyclic) bond motifs is 1. The topological polar surface area (TPSA) is 62.4 Å². The molecule has 2 heterocycles. The molecule has 1 saturated carbocycles. The molecule has 1 aliphatic heterocycles. The van der Waals surface area contributed by atoms with E-state index in [4.69, 9.17) is 5.73 Å². The second-order valence-electron chi connectivity index (χ2n) is 5.62. The van der Waals surface area contributed by atoms with Crippen molar-refractivity contribution in [1.29, 1.82) is 0 Å². The third kappa shape index (κ3) is 2.28. The van der Waals surface area contributed by atoms with Crippen molar-refractivity contribution in [2.75, 3.05) is 13.1 Å². The largest absolute Gasteiger partial charge is 0.393 e. The minimum Gasteiger partial charge on any atom is -0.393 e. The van der Waals surface area contributed by atoms with Gasteiger partial charge in [-0.25, -0.2) is 0 Å². The van der Waals surface area contributed by atoms with Crippen molar-refractivity contribution in [3.63, 3.8) is 0 Å². The monoisotopic (exact) mass is 247 g/mol. The number of rotatable bonds is 3. The molecule has 2 fully saturated rings. The molecule has 98 valence electrons. The van der Waals surface area contributed by atoms with E-state index < -0.39 is 0 Å². The molecule has 0 spiro atoms. The quantitative estimate of drug-likeness (QED) is 0.827. The zero-order valence-corrected chi connectivity index (χ0v) is 10.6. The molecule has 1 saturated heterocycles. The van der Waals surface area contributed by atoms with Gasteiger partial charge in [0.25, 0.3) is 0 Å². The van der Waals surface area contributed by atoms with Crippen molar-refractivity contribution in [3.8, 4) is 0 Å². The van der Waals surface area contributed by atoms with Crippen LogP contribution in [0.5, 0.6) is 0 Å². The Morgan fingerprint density at radius 1 is 1.39 bits per heavy atom. The molecule has 1 aromatic heterocycles. The average molecular weight is 247 g/mol. The van der Waals surface area contributed by atoms with Gasteiger partial charge in [0.15, 0.2) is 0 Å². The van der Waals surface area contributed by atoms with E-state index in [2.05, 4.69) is 22.0 Å². The van der Waals surface area contributed by atoms with Crippen LogP contribution in [0, 0.1) is 11.8 Å². The SMILES string of the molecule is NCc1cc(CN2CC3CCC(O)C3C2)ccn1. The third-order valence-electron chi connectivity index (χ3n) is 4.39. The number of aliphatic hydroxyl groups is 1. The molecule has 0 aromatic carbocycles. The Balaban J connectivity index is 1.64. The van der Waals surface area contributed by atoms with Gasteiger partial charge in [-0.3, -0.25) is 9.88 Å². The number of aliphatic hydroxyl groups excluding tert-OH is 1. The third-order valence-corrected chi connectivity index (χ3v) is 4.39. The first-order valence-electron chi connectivity index (χ1n) is 6.80. The van der Waals surface area contributed by atoms with Gasteiger partial charge in [-0.2, -0.15) is 0 Å². The lowest BCUT2D eigenvalue weighted by Crippen LogP contribution is -2.24. The summed E-state index contributed by atoms with van der Waals surface area (Å²) in [7, 11) is 0. The van der Waals surface area contributed by atoms with Gasteiger partial charge in [-0.15, -0.1) is 0 Å². The molecule has 3 unspecified atom stereocenters. The Kier molecular flexibility index (Phi) is 3.33. The highest BCUT2D eigenvalue weighted by molar-refractivity contribution is 5.16. The van der Waals surface area contributed by atoms with Crippen LogP contribution >= 0.6 is 0 Å². The maximum absolute atomic E-state index is 9.91. The molecule has 0 radical (unpaired) electrons. The van der Waals surface area contributed by atoms with Gasteiger partial charge in [0.05, 0.1) is 11.8 Å². The zero-order valence-electron chi connectivity index (χ0n) is 10.6. The summed E-state index contributed by atoms with van der Waals surface area (Å²) in [5.41, 5.74) is 7.84. The first kappa shape index (κ1) is 12.1. The number of likely N-dealkylation sites (tertiary alicyclic amines) is 1. The smallest absolute Gasteiger partial charge is 0.0583 e. The van der Waals surface area contributed by atoms with E-state index in [0.29, 0.717) is 18.4 Å². The molecule has 0 bridgehead atoms. The summed E-state index contributed by atoms with van der Waals surface area (Å²) >= 11 is 0. The number of pyridine rings is 1. The summed E-state index contributed by atoms with van der Waals surface area (Å²) in [4.78, 5) is 6.67. The predicted octanol–water partition coefficient (Wildman–Crippen LogP) is 0.743. The number of hydrogen-bond donors (Lipinski definition) is 2. The molecule has 0 amide bonds. The van der Waals surface area contributed by atoms with Crippen LogP contribution in [0.15, 0.2) is 18.3 Å². The van der Waals surface area contributed by atoms with Crippen molar-refractivity contribution in [3.05, 3.63) is 29.6 Å². The van der Waals surface area contributed by atoms with Gasteiger partial charge in [-0.1, -0.05) is 0 Å². The summed E-state index contributed by atoms with van der Waals surface area (Å²) in [6.07, 6.45) is 3.95. The van der Waals surface area contributed by atoms with Gasteiger partial charge < -0.3 is 10.8 Å². The standard InChI is InChI=1S/C14H21N3O/c15-6-12-5-10(3-4-16-12)7-17-8-11-1-2-14(18)13(11)9-17/h3-5,11,13-14,18H,1-2,6-9,15H2. The maximum atomic E-state index is 9.91. The van der Waals surface area contributed by atoms with Crippen molar-refractivity contribution in [2.45, 2.75) is 32.0 Å². The van der Waals surface area contributed by atoms with Crippen LogP contribution in [0.4, 0.5) is 0 Å². The summed E-state index contributed by atoms with van der Waals surface area (Å²) in [5, 5.41) is 9.91. The van der Waals surface area contributed by atoms with E-state index in [9.17, 15) is 5.11 Å². The average Bonchev–Trinajstić information content (AvgIpc) is 2.92. The van der Waals surface area contributed by atoms with Gasteiger partial charge in [0.1, 0.15) is 0 Å². The molecule has 1 aliphatic carbocycles. The number of hydrogen-bond acceptors (Lipinski definition) is 4. The second-order valence-corrected chi connectivity index (χ2v) is 5.62. The van der Waals surface area contributed by atoms with Gasteiger partial charge in [0.2, 0.25) is 0 Å². The first-order chi connectivity index (χ1) is 8.76. The molecule has 3 rings (SSSR count). The Labute approximate surface area is 108 Å². The fourth-order valence-corrected chi connectivity index (χ4v) is 3.45. The van der Waals surface area contributed by atoms with E-state index in [1.807, 2.05) is 6.20 Å². The Hall–Kier alpha value is -0.970. The van der Waals surface area contributed by atoms with Crippen LogP contribution in [-0.2, 0) is 13.1 Å². The van der Waals surface area contributed by atoms with Gasteiger partial charge in [0, 0.05) is 38.3 Å². The molecular formula is C14H21N3O. The number of nitrogens with zero attached hydrogens (tertiary/aromatic N) is 2. The molecule has 1 aromatic rings. The minimum absolute atomic E-state index is 0.0722. The summed E-state index contributed by atoms with van der Waals surface area (Å²) in [6, 6.07) is 4.15. The Bertz CT molecular complexity index is 423. The lowest BCUT2D eigenvalue weighted by atomic mass is 10.00. The summed E-state index contributed by atoms with van der Waals surface area (Å²) < 4.78 is 0. The zero-order chi connectivity index (χ0) is 12.5. The molecule has 18 heavy (non-hydrogen) atoms. The highest BCUT2D eigenvalue weighted by Crippen LogP contribution is 2.38. The second kappa shape index (κ2) is 4.96. The fraction of sp³-hybridized carbons (Fsp3) is 0.643. The summed E-state index contributed by atoms with van der Waals surface area (Å²) in [6.45, 7) is 3.61. The number of nitrogens with two attached hydrogens (primary N) is 1. The predicted molar refractivity (Wildman–Crippen MR) is 69.6 cm³/mol. The van der Waals surface area contributed by atoms with E-state index in [1.54, 1.807) is 0 Å². The highest BCUT2D eigenvalue weighted by Gasteiger charge is 2.41. The van der Waals surface area contributed by atoms with E-state index in [1.165, 1.54) is 12.0 Å². The molecule has 4 nitrogen and oxygen atoms in total. The fourth-order valence-electron chi connectivity index (χ4n) is 3.45. The van der Waals surface area contributed by atoms with E-state index in [-0.39, 0.29) is 6.10 Å². The Morgan fingerprint density at radius 2 is 2.28 bits per heavy atom. The van der Waals surface area contributed by atoms with Crippen LogP contribution in [0.25, 0.3) is 0 Å². The molecule has 2 aliphatic rings. The van der Waals surface area contributed by atoms with Crippen LogP contribution in [0.1, 0.15) is 24.1 Å². The molecular weight excluding hydrogens is 226 g/mol. The molecule has 3 N–H and O–H groups in total. The van der Waals surface area contributed by atoms with Crippen LogP contribution in [-0.4, -0.2) is 34.2 Å². The Morgan fingerprint density at radius 3 is 3.06 bits per heavy atom. The minimum atomic E-state index is -0.0722. The molecule has 3 atom stereocenters. The van der Waals surface area contributed by atoms with Crippen molar-refractivity contribution >= 4 is 0 Å². The van der Waals surface area contributed by atoms with E-state index >= 15 is 0 Å². The van der Waals surface area contributed by atoms with Crippen molar-refractivity contribution < 1.29 is 5.11 Å². The molecule has 4 heteroatoms. The van der Waals surface area contributed by atoms with Crippen LogP contribution < -0.4 is 5.73 Å². The van der Waals surface area contributed by atoms with Crippen LogP contribution in [0.3, 0.4) is 0 Å².